The van der Waals surface area contributed by atoms with E-state index in [2.05, 4.69) is 300 Å². The Balaban J connectivity index is 0.849. The maximum atomic E-state index is 2.70. The van der Waals surface area contributed by atoms with E-state index in [0.29, 0.717) is 6.04 Å². The number of allylic oxidation sites excluding steroid dienone is 2. The molecule has 10 aromatic carbocycles. The molecule has 0 amide bonds. The monoisotopic (exact) mass is 952 g/mol. The van der Waals surface area contributed by atoms with Crippen LogP contribution in [0.2, 0.25) is 0 Å². The third kappa shape index (κ3) is 6.96. The number of benzene rings is 10. The smallest absolute Gasteiger partial charge is 0.0578 e. The van der Waals surface area contributed by atoms with Crippen LogP contribution in [0.15, 0.2) is 267 Å². The predicted molar refractivity (Wildman–Crippen MR) is 313 cm³/mol. The summed E-state index contributed by atoms with van der Waals surface area (Å²) in [6, 6.07) is 85.8. The maximum absolute atomic E-state index is 2.70. The van der Waals surface area contributed by atoms with Gasteiger partial charge in [-0.05, 0) is 119 Å². The largest absolute Gasteiger partial charge is 0.357 e. The van der Waals surface area contributed by atoms with Crippen molar-refractivity contribution in [3.05, 3.63) is 273 Å². The van der Waals surface area contributed by atoms with Crippen LogP contribution in [-0.4, -0.2) is 22.7 Å². The lowest BCUT2D eigenvalue weighted by molar-refractivity contribution is 0.256. The lowest BCUT2D eigenvalue weighted by Gasteiger charge is -2.50. The minimum Gasteiger partial charge on any atom is -0.357 e. The molecule has 0 N–H and O–H groups in total. The predicted octanol–water partition coefficient (Wildman–Crippen LogP) is 18.0. The zero-order chi connectivity index (χ0) is 49.3. The number of anilines is 6. The van der Waals surface area contributed by atoms with Gasteiger partial charge in [0.25, 0.3) is 0 Å². The van der Waals surface area contributed by atoms with E-state index in [4.69, 9.17) is 0 Å². The minimum absolute atomic E-state index is 0.0937. The first-order chi connectivity index (χ1) is 36.5. The van der Waals surface area contributed by atoms with Crippen LogP contribution < -0.4 is 14.7 Å². The first-order valence-corrected chi connectivity index (χ1v) is 26.3. The van der Waals surface area contributed by atoms with Gasteiger partial charge >= 0.3 is 0 Å². The Bertz CT molecular complexity index is 4000. The van der Waals surface area contributed by atoms with Gasteiger partial charge in [0.1, 0.15) is 0 Å². The van der Waals surface area contributed by atoms with E-state index in [-0.39, 0.29) is 23.4 Å². The Kier molecular flexibility index (Phi) is 10.5. The molecule has 14 rings (SSSR count). The van der Waals surface area contributed by atoms with Gasteiger partial charge in [0, 0.05) is 61.1 Å². The lowest BCUT2D eigenvalue weighted by Crippen LogP contribution is -2.56. The number of nitrogens with zero attached hydrogens (tertiary/aromatic N) is 4. The molecule has 11 aromatic rings. The van der Waals surface area contributed by atoms with E-state index in [9.17, 15) is 0 Å². The highest BCUT2D eigenvalue weighted by Gasteiger charge is 2.55. The molecular formula is C70H56N4. The molecule has 0 saturated heterocycles. The second kappa shape index (κ2) is 17.7. The summed E-state index contributed by atoms with van der Waals surface area (Å²) in [5.41, 5.74) is 14.3. The summed E-state index contributed by atoms with van der Waals surface area (Å²) in [4.78, 5) is 7.76. The van der Waals surface area contributed by atoms with Crippen molar-refractivity contribution >= 4 is 77.5 Å². The van der Waals surface area contributed by atoms with Crippen molar-refractivity contribution in [2.45, 2.75) is 43.8 Å². The number of para-hydroxylation sites is 3. The van der Waals surface area contributed by atoms with Crippen LogP contribution in [0.3, 0.4) is 0 Å². The number of hydrogen-bond donors (Lipinski definition) is 0. The molecule has 0 saturated carbocycles. The highest BCUT2D eigenvalue weighted by Crippen LogP contribution is 2.56. The van der Waals surface area contributed by atoms with Crippen LogP contribution in [0, 0.1) is 5.92 Å². The van der Waals surface area contributed by atoms with Gasteiger partial charge in [-0.1, -0.05) is 202 Å². The highest BCUT2D eigenvalue weighted by molar-refractivity contribution is 6.11. The normalized spacial score (nSPS) is 19.8. The van der Waals surface area contributed by atoms with E-state index in [1.165, 1.54) is 77.1 Å². The SMILES string of the molecule is CC1C(N(c2ccc(-c3ccc(N(c4ccc5c(c4)c4ccccc4n5-c4ccccc4)c4cccc5ccccc45)cc3)cc2)c2cccc3ccccc23)C=CC2N(C3C=CC=CC3)c3ccccc3C12C. The molecule has 3 aliphatic rings. The van der Waals surface area contributed by atoms with Crippen LogP contribution in [0.25, 0.3) is 60.2 Å². The second-order valence-electron chi connectivity index (χ2n) is 20.6. The zero-order valence-electron chi connectivity index (χ0n) is 41.7. The fraction of sp³-hybridized carbons (Fsp3) is 0.114. The van der Waals surface area contributed by atoms with Crippen LogP contribution in [0.4, 0.5) is 34.1 Å². The van der Waals surface area contributed by atoms with Gasteiger partial charge in [-0.15, -0.1) is 0 Å². The summed E-state index contributed by atoms with van der Waals surface area (Å²) in [5, 5.41) is 7.37. The summed E-state index contributed by atoms with van der Waals surface area (Å²) in [7, 11) is 0. The van der Waals surface area contributed by atoms with Gasteiger partial charge in [0.05, 0.1) is 34.8 Å². The molecule has 2 aliphatic carbocycles. The number of hydrogen-bond acceptors (Lipinski definition) is 3. The average molecular weight is 953 g/mol. The number of rotatable bonds is 9. The Morgan fingerprint density at radius 3 is 1.80 bits per heavy atom. The van der Waals surface area contributed by atoms with E-state index in [1.54, 1.807) is 0 Å². The molecule has 4 heteroatoms. The van der Waals surface area contributed by atoms with Crippen molar-refractivity contribution in [2.24, 2.45) is 5.92 Å². The van der Waals surface area contributed by atoms with Crippen molar-refractivity contribution < 1.29 is 0 Å². The summed E-state index contributed by atoms with van der Waals surface area (Å²) in [6.07, 6.45) is 15.2. The molecule has 74 heavy (non-hydrogen) atoms. The first kappa shape index (κ1) is 43.9. The molecule has 0 bridgehead atoms. The van der Waals surface area contributed by atoms with Crippen molar-refractivity contribution in [1.29, 1.82) is 0 Å². The van der Waals surface area contributed by atoms with Gasteiger partial charge in [-0.25, -0.2) is 0 Å². The molecule has 356 valence electrons. The van der Waals surface area contributed by atoms with E-state index >= 15 is 0 Å². The molecule has 5 atom stereocenters. The summed E-state index contributed by atoms with van der Waals surface area (Å²) >= 11 is 0. The van der Waals surface area contributed by atoms with Crippen molar-refractivity contribution in [2.75, 3.05) is 14.7 Å². The zero-order valence-corrected chi connectivity index (χ0v) is 41.7. The topological polar surface area (TPSA) is 14.7 Å². The van der Waals surface area contributed by atoms with E-state index in [1.807, 2.05) is 0 Å². The molecule has 4 nitrogen and oxygen atoms in total. The lowest BCUT2D eigenvalue weighted by atomic mass is 9.63. The quantitative estimate of drug-likeness (QED) is 0.134. The minimum atomic E-state index is -0.123. The van der Waals surface area contributed by atoms with Crippen LogP contribution in [0.1, 0.15) is 25.8 Å². The number of fused-ring (bicyclic) bond motifs is 8. The van der Waals surface area contributed by atoms with E-state index < -0.39 is 0 Å². The molecule has 1 aliphatic heterocycles. The summed E-state index contributed by atoms with van der Waals surface area (Å²) in [6.45, 7) is 5.02. The maximum Gasteiger partial charge on any atom is 0.0578 e. The standard InChI is InChI=1S/C70H56N4/c1-48-63(45-46-69-70(48,2)62-30-14-16-32-68(62)74(69)54-25-7-4-8-26-54)72(65-34-18-22-52-20-10-12-28-59(52)65)56-41-37-50(38-42-56)49-35-39-55(40-36-49)71(64-33-17-21-51-19-9-11-27-58(51)64)57-43-44-67-61(47-57)60-29-13-15-31-66(60)73(67)53-23-5-3-6-24-53/h3-25,27-48,54,63,69H,26H2,1-2H3. The third-order valence-corrected chi connectivity index (χ3v) is 16.8. The second-order valence-corrected chi connectivity index (χ2v) is 20.6. The van der Waals surface area contributed by atoms with E-state index in [0.717, 1.165) is 29.2 Å². The van der Waals surface area contributed by atoms with Crippen molar-refractivity contribution in [3.63, 3.8) is 0 Å². The van der Waals surface area contributed by atoms with Crippen molar-refractivity contribution in [1.82, 2.24) is 4.57 Å². The third-order valence-electron chi connectivity index (χ3n) is 16.8. The highest BCUT2D eigenvalue weighted by atomic mass is 15.2. The molecule has 1 aromatic heterocycles. The van der Waals surface area contributed by atoms with Gasteiger partial charge in [0.2, 0.25) is 0 Å². The fourth-order valence-corrected chi connectivity index (χ4v) is 13.1. The van der Waals surface area contributed by atoms with Gasteiger partial charge in [0.15, 0.2) is 0 Å². The Morgan fingerprint density at radius 1 is 0.473 bits per heavy atom. The molecule has 0 radical (unpaired) electrons. The van der Waals surface area contributed by atoms with Crippen molar-refractivity contribution in [3.8, 4) is 16.8 Å². The Hall–Kier alpha value is -8.86. The van der Waals surface area contributed by atoms with Crippen LogP contribution in [0.5, 0.6) is 0 Å². The fourth-order valence-electron chi connectivity index (χ4n) is 13.1. The number of aromatic nitrogens is 1. The average Bonchev–Trinajstić information content (AvgIpc) is 3.94. The molecule has 5 unspecified atom stereocenters. The molecule has 2 heterocycles. The summed E-state index contributed by atoms with van der Waals surface area (Å²) < 4.78 is 2.38. The molecular weight excluding hydrogens is 897 g/mol. The Morgan fingerprint density at radius 2 is 1.07 bits per heavy atom. The Labute approximate surface area is 433 Å². The van der Waals surface area contributed by atoms with Gasteiger partial charge in [-0.3, -0.25) is 0 Å². The molecule has 0 fully saturated rings. The summed E-state index contributed by atoms with van der Waals surface area (Å²) in [5.74, 6) is 0.269. The van der Waals surface area contributed by atoms with Gasteiger partial charge in [-0.2, -0.15) is 0 Å². The van der Waals surface area contributed by atoms with Crippen LogP contribution >= 0.6 is 0 Å². The molecule has 0 spiro atoms. The first-order valence-electron chi connectivity index (χ1n) is 26.3. The van der Waals surface area contributed by atoms with Gasteiger partial charge < -0.3 is 19.3 Å². The van der Waals surface area contributed by atoms with Crippen LogP contribution in [-0.2, 0) is 5.41 Å².